The lowest BCUT2D eigenvalue weighted by molar-refractivity contribution is -0.142. The van der Waals surface area contributed by atoms with Crippen LogP contribution in [0.15, 0.2) is 39.8 Å². The van der Waals surface area contributed by atoms with Gasteiger partial charge in [-0.05, 0) is 12.1 Å². The van der Waals surface area contributed by atoms with Gasteiger partial charge in [0.1, 0.15) is 17.3 Å². The molecule has 0 fully saturated rings. The first-order valence-corrected chi connectivity index (χ1v) is 7.72. The predicted molar refractivity (Wildman–Crippen MR) is 85.7 cm³/mol. The highest BCUT2D eigenvalue weighted by Gasteiger charge is 2.39. The van der Waals surface area contributed by atoms with Crippen molar-refractivity contribution in [3.8, 4) is 11.5 Å². The third-order valence-corrected chi connectivity index (χ3v) is 3.88. The Kier molecular flexibility index (Phi) is 4.92. The number of alkyl halides is 3. The minimum absolute atomic E-state index is 0.0593. The van der Waals surface area contributed by atoms with Gasteiger partial charge in [-0.25, -0.2) is 4.98 Å². The first-order chi connectivity index (χ1) is 12.2. The fraction of sp³-hybridized carbons (Fsp3) is 0.133. The Morgan fingerprint density at radius 2 is 1.96 bits per heavy atom. The van der Waals surface area contributed by atoms with Gasteiger partial charge in [0, 0.05) is 12.1 Å². The van der Waals surface area contributed by atoms with Crippen LogP contribution >= 0.6 is 23.2 Å². The lowest BCUT2D eigenvalue weighted by Crippen LogP contribution is -2.22. The van der Waals surface area contributed by atoms with Crippen molar-refractivity contribution in [2.24, 2.45) is 0 Å². The highest BCUT2D eigenvalue weighted by Crippen LogP contribution is 2.36. The molecule has 0 saturated carbocycles. The van der Waals surface area contributed by atoms with Gasteiger partial charge in [0.05, 0.1) is 22.7 Å². The summed E-state index contributed by atoms with van der Waals surface area (Å²) < 4.78 is 50.0. The van der Waals surface area contributed by atoms with Gasteiger partial charge in [-0.1, -0.05) is 28.4 Å². The molecule has 6 nitrogen and oxygen atoms in total. The van der Waals surface area contributed by atoms with Crippen molar-refractivity contribution in [3.05, 3.63) is 68.1 Å². The van der Waals surface area contributed by atoms with Gasteiger partial charge in [-0.15, -0.1) is 0 Å². The largest absolute Gasteiger partial charge is 0.449 e. The van der Waals surface area contributed by atoms with Crippen LogP contribution in [-0.2, 0) is 12.6 Å². The number of halogens is 5. The van der Waals surface area contributed by atoms with Gasteiger partial charge in [0.15, 0.2) is 5.69 Å². The van der Waals surface area contributed by atoms with E-state index in [0.717, 1.165) is 0 Å². The predicted octanol–water partition coefficient (Wildman–Crippen LogP) is 4.47. The van der Waals surface area contributed by atoms with Crippen LogP contribution in [0.2, 0.25) is 10.0 Å². The van der Waals surface area contributed by atoms with Crippen molar-refractivity contribution < 1.29 is 22.4 Å². The third kappa shape index (κ3) is 4.00. The molecule has 0 unspecified atom stereocenters. The summed E-state index contributed by atoms with van der Waals surface area (Å²) >= 11 is 11.5. The minimum atomic E-state index is -4.92. The lowest BCUT2D eigenvalue weighted by atomic mass is 10.3. The number of aromatic nitrogens is 3. The van der Waals surface area contributed by atoms with Crippen LogP contribution in [0.4, 0.5) is 13.2 Å². The van der Waals surface area contributed by atoms with E-state index >= 15 is 0 Å². The van der Waals surface area contributed by atoms with Gasteiger partial charge >= 0.3 is 6.18 Å². The minimum Gasteiger partial charge on any atom is -0.449 e. The summed E-state index contributed by atoms with van der Waals surface area (Å²) in [6, 6.07) is 5.22. The van der Waals surface area contributed by atoms with Gasteiger partial charge in [0.25, 0.3) is 5.56 Å². The number of hydrogen-bond donors (Lipinski definition) is 1. The zero-order valence-corrected chi connectivity index (χ0v) is 14.1. The number of H-pyrrole nitrogens is 1. The summed E-state index contributed by atoms with van der Waals surface area (Å²) in [6.45, 7) is 0. The molecule has 136 valence electrons. The Hall–Kier alpha value is -2.52. The van der Waals surface area contributed by atoms with E-state index in [2.05, 4.69) is 15.1 Å². The van der Waals surface area contributed by atoms with Gasteiger partial charge in [-0.3, -0.25) is 4.79 Å². The van der Waals surface area contributed by atoms with Crippen molar-refractivity contribution >= 4 is 23.2 Å². The topological polar surface area (TPSA) is 81.0 Å². The Bertz CT molecular complexity index is 988. The summed E-state index contributed by atoms with van der Waals surface area (Å²) in [5.74, 6) is -1.11. The first-order valence-electron chi connectivity index (χ1n) is 6.97. The van der Waals surface area contributed by atoms with E-state index in [-0.39, 0.29) is 33.8 Å². The van der Waals surface area contributed by atoms with E-state index in [1.165, 1.54) is 30.5 Å². The third-order valence-electron chi connectivity index (χ3n) is 3.14. The maximum Gasteiger partial charge on any atom is 0.437 e. The summed E-state index contributed by atoms with van der Waals surface area (Å²) in [5, 5.41) is 3.68. The molecule has 1 aromatic carbocycles. The van der Waals surface area contributed by atoms with E-state index in [1.807, 2.05) is 0 Å². The molecule has 0 bridgehead atoms. The SMILES string of the molecule is O=c1[nH]c(Cc2ccno2)nc(C(F)(F)F)c1Oc1ccc(Cl)c(Cl)c1. The zero-order valence-electron chi connectivity index (χ0n) is 12.6. The number of nitrogens with one attached hydrogen (secondary N) is 1. The maximum atomic E-state index is 13.4. The molecule has 3 rings (SSSR count). The molecule has 0 radical (unpaired) electrons. The van der Waals surface area contributed by atoms with Crippen molar-refractivity contribution in [3.63, 3.8) is 0 Å². The molecule has 0 saturated heterocycles. The molecule has 2 heterocycles. The number of benzene rings is 1. The Balaban J connectivity index is 2.03. The number of ether oxygens (including phenoxy) is 1. The van der Waals surface area contributed by atoms with Gasteiger partial charge in [-0.2, -0.15) is 13.2 Å². The van der Waals surface area contributed by atoms with E-state index in [1.54, 1.807) is 0 Å². The van der Waals surface area contributed by atoms with Crippen molar-refractivity contribution in [2.75, 3.05) is 0 Å². The fourth-order valence-electron chi connectivity index (χ4n) is 2.04. The Morgan fingerprint density at radius 3 is 2.58 bits per heavy atom. The van der Waals surface area contributed by atoms with Crippen LogP contribution in [0.5, 0.6) is 11.5 Å². The van der Waals surface area contributed by atoms with E-state index in [0.29, 0.717) is 0 Å². The second kappa shape index (κ2) is 7.00. The standard InChI is InChI=1S/C15H8Cl2F3N3O3/c16-9-2-1-7(5-10(9)17)25-12-13(15(18,19)20)22-11(23-14(12)24)6-8-3-4-21-26-8/h1-5H,6H2,(H,22,23,24). The normalized spacial score (nSPS) is 11.6. The van der Waals surface area contributed by atoms with Crippen LogP contribution in [0.3, 0.4) is 0 Å². The molecule has 3 aromatic rings. The molecule has 0 aliphatic carbocycles. The molecule has 0 atom stereocenters. The second-order valence-electron chi connectivity index (χ2n) is 5.02. The number of aromatic amines is 1. The number of nitrogens with zero attached hydrogens (tertiary/aromatic N) is 2. The first kappa shape index (κ1) is 18.3. The summed E-state index contributed by atoms with van der Waals surface area (Å²) in [7, 11) is 0. The number of rotatable bonds is 4. The molecular formula is C15H8Cl2F3N3O3. The average molecular weight is 406 g/mol. The Labute approximate surface area is 153 Å². The van der Waals surface area contributed by atoms with Gasteiger partial charge in [0.2, 0.25) is 5.75 Å². The highest BCUT2D eigenvalue weighted by molar-refractivity contribution is 6.42. The molecule has 0 aliphatic rings. The van der Waals surface area contributed by atoms with E-state index in [9.17, 15) is 18.0 Å². The molecule has 0 amide bonds. The summed E-state index contributed by atoms with van der Waals surface area (Å²) in [6.07, 6.45) is -3.78. The lowest BCUT2D eigenvalue weighted by Gasteiger charge is -2.13. The van der Waals surface area contributed by atoms with E-state index in [4.69, 9.17) is 32.5 Å². The zero-order chi connectivity index (χ0) is 18.9. The summed E-state index contributed by atoms with van der Waals surface area (Å²) in [5.41, 5.74) is -2.57. The molecule has 2 aromatic heterocycles. The maximum absolute atomic E-state index is 13.4. The van der Waals surface area contributed by atoms with Crippen molar-refractivity contribution in [2.45, 2.75) is 12.6 Å². The van der Waals surface area contributed by atoms with Crippen LogP contribution < -0.4 is 10.3 Å². The number of hydrogen-bond acceptors (Lipinski definition) is 5. The van der Waals surface area contributed by atoms with Crippen LogP contribution in [0.1, 0.15) is 17.3 Å². The quantitative estimate of drug-likeness (QED) is 0.692. The molecule has 1 N–H and O–H groups in total. The van der Waals surface area contributed by atoms with Crippen LogP contribution in [0.25, 0.3) is 0 Å². The monoisotopic (exact) mass is 405 g/mol. The fourth-order valence-corrected chi connectivity index (χ4v) is 2.32. The summed E-state index contributed by atoms with van der Waals surface area (Å²) in [4.78, 5) is 17.9. The van der Waals surface area contributed by atoms with Gasteiger partial charge < -0.3 is 14.2 Å². The van der Waals surface area contributed by atoms with Crippen molar-refractivity contribution in [1.29, 1.82) is 0 Å². The van der Waals surface area contributed by atoms with E-state index < -0.39 is 23.2 Å². The molecule has 11 heteroatoms. The molecule has 0 spiro atoms. The second-order valence-corrected chi connectivity index (χ2v) is 5.84. The molecule has 26 heavy (non-hydrogen) atoms. The van der Waals surface area contributed by atoms with Crippen LogP contribution in [-0.4, -0.2) is 15.1 Å². The average Bonchev–Trinajstić information content (AvgIpc) is 3.05. The molecule has 0 aliphatic heterocycles. The smallest absolute Gasteiger partial charge is 0.437 e. The van der Waals surface area contributed by atoms with Crippen molar-refractivity contribution in [1.82, 2.24) is 15.1 Å². The molecular weight excluding hydrogens is 398 g/mol. The highest BCUT2D eigenvalue weighted by atomic mass is 35.5. The Morgan fingerprint density at radius 1 is 1.19 bits per heavy atom. The van der Waals surface area contributed by atoms with Crippen LogP contribution in [0, 0.1) is 0 Å².